The van der Waals surface area contributed by atoms with Gasteiger partial charge in [-0.1, -0.05) is 25.6 Å². The summed E-state index contributed by atoms with van der Waals surface area (Å²) in [5.41, 5.74) is 0.537. The Balaban J connectivity index is 0. The highest BCUT2D eigenvalue weighted by atomic mass is 16.4. The van der Waals surface area contributed by atoms with Crippen LogP contribution in [0.3, 0.4) is 0 Å². The molecule has 0 bridgehead atoms. The van der Waals surface area contributed by atoms with Crippen LogP contribution >= 0.6 is 0 Å². The van der Waals surface area contributed by atoms with Gasteiger partial charge in [0.15, 0.2) is 0 Å². The molecule has 0 spiro atoms. The summed E-state index contributed by atoms with van der Waals surface area (Å²) >= 11 is 0. The van der Waals surface area contributed by atoms with E-state index >= 15 is 0 Å². The molecule has 2 heteroatoms. The van der Waals surface area contributed by atoms with Gasteiger partial charge in [0.2, 0.25) is 0 Å². The van der Waals surface area contributed by atoms with Crippen molar-refractivity contribution in [3.05, 3.63) is 12.7 Å². The van der Waals surface area contributed by atoms with Gasteiger partial charge >= 0.3 is 0 Å². The summed E-state index contributed by atoms with van der Waals surface area (Å²) in [6.07, 6.45) is 1.47. The van der Waals surface area contributed by atoms with Gasteiger partial charge in [-0.3, -0.25) is 0 Å². The molecule has 0 aliphatic carbocycles. The molecule has 0 atom stereocenters. The average Bonchev–Trinajstić information content (AvgIpc) is 1.91. The molecule has 2 nitrogen and oxygen atoms in total. The van der Waals surface area contributed by atoms with Crippen LogP contribution in [0.2, 0.25) is 0 Å². The first-order chi connectivity index (χ1) is 3.81. The molecule has 0 unspecified atom stereocenters. The van der Waals surface area contributed by atoms with E-state index in [1.807, 2.05) is 13.8 Å². The maximum absolute atomic E-state index is 7.85. The first-order valence-electron chi connectivity index (χ1n) is 2.62. The van der Waals surface area contributed by atoms with Gasteiger partial charge in [0.25, 0.3) is 0 Å². The standard InChI is InChI=1S/C4H7NO.C2H6/c1-3-4(2)5-6;1-2/h3,6H,1H2,2H3;1-2H3/b5-4-;. The number of hydrogen-bond acceptors (Lipinski definition) is 2. The quantitative estimate of drug-likeness (QED) is 0.316. The minimum absolute atomic E-state index is 0.537. The van der Waals surface area contributed by atoms with E-state index in [4.69, 9.17) is 5.21 Å². The van der Waals surface area contributed by atoms with E-state index in [2.05, 4.69) is 11.7 Å². The number of hydrogen-bond donors (Lipinski definition) is 1. The van der Waals surface area contributed by atoms with Gasteiger partial charge in [-0.05, 0) is 13.0 Å². The van der Waals surface area contributed by atoms with Crippen molar-refractivity contribution < 1.29 is 5.21 Å². The second-order valence-corrected chi connectivity index (χ2v) is 0.946. The van der Waals surface area contributed by atoms with Crippen molar-refractivity contribution in [3.63, 3.8) is 0 Å². The summed E-state index contributed by atoms with van der Waals surface area (Å²) in [5, 5.41) is 10.7. The lowest BCUT2D eigenvalue weighted by molar-refractivity contribution is 0.319. The number of oxime groups is 1. The summed E-state index contributed by atoms with van der Waals surface area (Å²) in [4.78, 5) is 0. The Bertz CT molecular complexity index is 76.6. The van der Waals surface area contributed by atoms with Crippen LogP contribution in [0.5, 0.6) is 0 Å². The molecule has 0 aromatic carbocycles. The summed E-state index contributed by atoms with van der Waals surface area (Å²) in [6, 6.07) is 0. The molecule has 0 aliphatic rings. The van der Waals surface area contributed by atoms with Crippen molar-refractivity contribution in [1.29, 1.82) is 0 Å². The average molecular weight is 115 g/mol. The minimum atomic E-state index is 0.537. The Labute approximate surface area is 50.5 Å². The summed E-state index contributed by atoms with van der Waals surface area (Å²) in [7, 11) is 0. The van der Waals surface area contributed by atoms with E-state index in [9.17, 15) is 0 Å². The molecule has 48 valence electrons. The highest BCUT2D eigenvalue weighted by Crippen LogP contribution is 1.69. The largest absolute Gasteiger partial charge is 0.411 e. The highest BCUT2D eigenvalue weighted by Gasteiger charge is 1.71. The van der Waals surface area contributed by atoms with E-state index in [0.29, 0.717) is 5.71 Å². The molecule has 0 fully saturated rings. The van der Waals surface area contributed by atoms with Crippen LogP contribution in [0.25, 0.3) is 0 Å². The van der Waals surface area contributed by atoms with Crippen molar-refractivity contribution in [2.45, 2.75) is 20.8 Å². The fourth-order valence-electron chi connectivity index (χ4n) is 0.0408. The Morgan fingerprint density at radius 2 is 2.00 bits per heavy atom. The second-order valence-electron chi connectivity index (χ2n) is 0.946. The van der Waals surface area contributed by atoms with E-state index in [1.54, 1.807) is 6.92 Å². The third-order valence-corrected chi connectivity index (χ3v) is 0.453. The Kier molecular flexibility index (Phi) is 12.2. The highest BCUT2D eigenvalue weighted by molar-refractivity contribution is 5.91. The fourth-order valence-corrected chi connectivity index (χ4v) is 0.0408. The van der Waals surface area contributed by atoms with E-state index in [-0.39, 0.29) is 0 Å². The summed E-state index contributed by atoms with van der Waals surface area (Å²) in [6.45, 7) is 9.00. The molecule has 0 amide bonds. The van der Waals surface area contributed by atoms with Crippen molar-refractivity contribution in [2.75, 3.05) is 0 Å². The summed E-state index contributed by atoms with van der Waals surface area (Å²) in [5.74, 6) is 0. The van der Waals surface area contributed by atoms with Gasteiger partial charge in [-0.15, -0.1) is 0 Å². The third-order valence-electron chi connectivity index (χ3n) is 0.453. The van der Waals surface area contributed by atoms with Crippen LogP contribution < -0.4 is 0 Å². The van der Waals surface area contributed by atoms with Crippen molar-refractivity contribution in [2.24, 2.45) is 5.16 Å². The molecule has 0 aliphatic heterocycles. The fraction of sp³-hybridized carbons (Fsp3) is 0.500. The van der Waals surface area contributed by atoms with Crippen molar-refractivity contribution in [1.82, 2.24) is 0 Å². The molecule has 1 N–H and O–H groups in total. The lowest BCUT2D eigenvalue weighted by Crippen LogP contribution is -1.78. The zero-order valence-electron chi connectivity index (χ0n) is 5.68. The smallest absolute Gasteiger partial charge is 0.0758 e. The zero-order valence-corrected chi connectivity index (χ0v) is 5.68. The van der Waals surface area contributed by atoms with Gasteiger partial charge in [-0.25, -0.2) is 0 Å². The summed E-state index contributed by atoms with van der Waals surface area (Å²) < 4.78 is 0. The second kappa shape index (κ2) is 9.51. The molecule has 0 saturated heterocycles. The molecule has 0 saturated carbocycles. The van der Waals surface area contributed by atoms with Gasteiger partial charge in [0.1, 0.15) is 0 Å². The zero-order chi connectivity index (χ0) is 6.99. The van der Waals surface area contributed by atoms with Gasteiger partial charge in [0, 0.05) is 0 Å². The Morgan fingerprint density at radius 3 is 2.00 bits per heavy atom. The van der Waals surface area contributed by atoms with Crippen LogP contribution in [-0.2, 0) is 0 Å². The lowest BCUT2D eigenvalue weighted by Gasteiger charge is -1.75. The van der Waals surface area contributed by atoms with E-state index < -0.39 is 0 Å². The molecule has 0 aromatic heterocycles. The molecule has 0 radical (unpaired) electrons. The first kappa shape index (κ1) is 10.2. The van der Waals surface area contributed by atoms with Gasteiger partial charge < -0.3 is 5.21 Å². The maximum atomic E-state index is 7.85. The number of nitrogens with zero attached hydrogens (tertiary/aromatic N) is 1. The maximum Gasteiger partial charge on any atom is 0.0758 e. The molecule has 0 heterocycles. The van der Waals surface area contributed by atoms with Crippen LogP contribution in [0, 0.1) is 0 Å². The van der Waals surface area contributed by atoms with E-state index in [0.717, 1.165) is 0 Å². The molecular weight excluding hydrogens is 102 g/mol. The predicted molar refractivity (Wildman–Crippen MR) is 36.4 cm³/mol. The van der Waals surface area contributed by atoms with E-state index in [1.165, 1.54) is 6.08 Å². The van der Waals surface area contributed by atoms with Crippen LogP contribution in [0.1, 0.15) is 20.8 Å². The monoisotopic (exact) mass is 115 g/mol. The van der Waals surface area contributed by atoms with Crippen LogP contribution in [0.15, 0.2) is 17.8 Å². The molecular formula is C6H13NO. The molecule has 0 rings (SSSR count). The predicted octanol–water partition coefficient (Wildman–Crippen LogP) is 2.05. The van der Waals surface area contributed by atoms with Gasteiger partial charge in [-0.2, -0.15) is 0 Å². The lowest BCUT2D eigenvalue weighted by atomic mass is 10.4. The molecule has 8 heavy (non-hydrogen) atoms. The third kappa shape index (κ3) is 8.96. The van der Waals surface area contributed by atoms with Crippen LogP contribution in [0.4, 0.5) is 0 Å². The topological polar surface area (TPSA) is 32.6 Å². The SMILES string of the molecule is C=C/C(C)=N\O.CC. The molecule has 0 aromatic rings. The Hall–Kier alpha value is -0.790. The minimum Gasteiger partial charge on any atom is -0.411 e. The first-order valence-corrected chi connectivity index (χ1v) is 2.62. The number of allylic oxidation sites excluding steroid dienone is 1. The van der Waals surface area contributed by atoms with Gasteiger partial charge in [0.05, 0.1) is 5.71 Å². The van der Waals surface area contributed by atoms with Crippen molar-refractivity contribution in [3.8, 4) is 0 Å². The Morgan fingerprint density at radius 1 is 1.62 bits per heavy atom. The normalized spacial score (nSPS) is 9.12. The van der Waals surface area contributed by atoms with Crippen molar-refractivity contribution >= 4 is 5.71 Å². The van der Waals surface area contributed by atoms with Crippen LogP contribution in [-0.4, -0.2) is 10.9 Å². The number of rotatable bonds is 1.